The molecule has 8 nitrogen and oxygen atoms in total. The highest BCUT2D eigenvalue weighted by molar-refractivity contribution is 7.88. The summed E-state index contributed by atoms with van der Waals surface area (Å²) in [5.74, 6) is 0.721. The maximum absolute atomic E-state index is 12.0. The Hall–Kier alpha value is -1.74. The second-order valence-corrected chi connectivity index (χ2v) is 7.32. The van der Waals surface area contributed by atoms with Crippen molar-refractivity contribution in [2.45, 2.75) is 6.92 Å². The first-order valence-corrected chi connectivity index (χ1v) is 8.87. The molecule has 0 radical (unpaired) electrons. The van der Waals surface area contributed by atoms with Gasteiger partial charge in [-0.25, -0.2) is 18.4 Å². The molecule has 1 unspecified atom stereocenters. The third kappa shape index (κ3) is 3.92. The molecule has 2 heterocycles. The molecule has 0 bridgehead atoms. The molecule has 0 saturated carbocycles. The Kier molecular flexibility index (Phi) is 4.97. The van der Waals surface area contributed by atoms with Crippen molar-refractivity contribution in [2.75, 3.05) is 44.4 Å². The van der Waals surface area contributed by atoms with E-state index in [1.807, 2.05) is 4.90 Å². The second-order valence-electron chi connectivity index (χ2n) is 5.34. The van der Waals surface area contributed by atoms with Gasteiger partial charge in [-0.2, -0.15) is 4.31 Å². The van der Waals surface area contributed by atoms with Gasteiger partial charge in [0.1, 0.15) is 11.6 Å². The average molecular weight is 327 g/mol. The Morgan fingerprint density at radius 1 is 1.36 bits per heavy atom. The van der Waals surface area contributed by atoms with Crippen molar-refractivity contribution < 1.29 is 13.2 Å². The molecule has 1 fully saturated rings. The van der Waals surface area contributed by atoms with Crippen LogP contribution in [0.3, 0.4) is 0 Å². The van der Waals surface area contributed by atoms with E-state index in [-0.39, 0.29) is 12.5 Å². The van der Waals surface area contributed by atoms with Gasteiger partial charge < -0.3 is 10.2 Å². The van der Waals surface area contributed by atoms with Gasteiger partial charge in [0.2, 0.25) is 15.9 Å². The minimum absolute atomic E-state index is 0.175. The Morgan fingerprint density at radius 2 is 2.09 bits per heavy atom. The summed E-state index contributed by atoms with van der Waals surface area (Å²) in [5.41, 5.74) is 0. The van der Waals surface area contributed by atoms with Crippen molar-refractivity contribution in [3.8, 4) is 0 Å². The van der Waals surface area contributed by atoms with Crippen LogP contribution in [0.2, 0.25) is 0 Å². The largest absolute Gasteiger partial charge is 0.359 e. The molecule has 1 aliphatic rings. The van der Waals surface area contributed by atoms with Gasteiger partial charge in [-0.1, -0.05) is 0 Å². The SMILES string of the molecule is CNC(=O)C1CN(c2ccnc(C)n2)CCN(S(C)(=O)=O)C1. The first-order chi connectivity index (χ1) is 10.3. The minimum atomic E-state index is -3.34. The van der Waals surface area contributed by atoms with Crippen LogP contribution >= 0.6 is 0 Å². The van der Waals surface area contributed by atoms with E-state index in [2.05, 4.69) is 15.3 Å². The lowest BCUT2D eigenvalue weighted by Crippen LogP contribution is -2.41. The van der Waals surface area contributed by atoms with Gasteiger partial charge in [-0.3, -0.25) is 4.79 Å². The molecule has 1 aromatic heterocycles. The summed E-state index contributed by atoms with van der Waals surface area (Å²) in [7, 11) is -1.79. The monoisotopic (exact) mass is 327 g/mol. The number of carbonyl (C=O) groups excluding carboxylic acids is 1. The summed E-state index contributed by atoms with van der Waals surface area (Å²) in [6, 6.07) is 1.77. The molecule has 0 aliphatic carbocycles. The van der Waals surface area contributed by atoms with Crippen LogP contribution in [-0.2, 0) is 14.8 Å². The van der Waals surface area contributed by atoms with Crippen molar-refractivity contribution in [1.82, 2.24) is 19.6 Å². The topological polar surface area (TPSA) is 95.5 Å². The van der Waals surface area contributed by atoms with Gasteiger partial charge in [0.15, 0.2) is 0 Å². The zero-order valence-corrected chi connectivity index (χ0v) is 13.8. The van der Waals surface area contributed by atoms with E-state index in [1.165, 1.54) is 10.6 Å². The van der Waals surface area contributed by atoms with E-state index in [0.717, 1.165) is 0 Å². The number of sulfonamides is 1. The highest BCUT2D eigenvalue weighted by Crippen LogP contribution is 2.18. The molecule has 1 atom stereocenters. The van der Waals surface area contributed by atoms with Crippen molar-refractivity contribution >= 4 is 21.7 Å². The highest BCUT2D eigenvalue weighted by atomic mass is 32.2. The van der Waals surface area contributed by atoms with Crippen molar-refractivity contribution in [2.24, 2.45) is 5.92 Å². The van der Waals surface area contributed by atoms with Crippen molar-refractivity contribution in [3.05, 3.63) is 18.1 Å². The lowest BCUT2D eigenvalue weighted by Gasteiger charge is -2.24. The van der Waals surface area contributed by atoms with E-state index >= 15 is 0 Å². The molecular weight excluding hydrogens is 306 g/mol. The number of anilines is 1. The van der Waals surface area contributed by atoms with Gasteiger partial charge in [-0.15, -0.1) is 0 Å². The summed E-state index contributed by atoms with van der Waals surface area (Å²) in [5, 5.41) is 2.60. The fraction of sp³-hybridized carbons (Fsp3) is 0.615. The lowest BCUT2D eigenvalue weighted by atomic mass is 10.1. The smallest absolute Gasteiger partial charge is 0.225 e. The zero-order valence-electron chi connectivity index (χ0n) is 13.0. The molecule has 1 N–H and O–H groups in total. The summed E-state index contributed by atoms with van der Waals surface area (Å²) in [4.78, 5) is 22.4. The van der Waals surface area contributed by atoms with Crippen LogP contribution in [0.5, 0.6) is 0 Å². The number of aryl methyl sites for hydroxylation is 1. The summed E-state index contributed by atoms with van der Waals surface area (Å²) in [6.45, 7) is 3.20. The Morgan fingerprint density at radius 3 is 2.68 bits per heavy atom. The number of nitrogens with zero attached hydrogens (tertiary/aromatic N) is 4. The first kappa shape index (κ1) is 16.6. The molecule has 0 spiro atoms. The Balaban J connectivity index is 2.29. The molecule has 1 aliphatic heterocycles. The third-order valence-electron chi connectivity index (χ3n) is 3.66. The normalized spacial score (nSPS) is 20.5. The number of hydrogen-bond acceptors (Lipinski definition) is 6. The van der Waals surface area contributed by atoms with E-state index < -0.39 is 15.9 Å². The summed E-state index contributed by atoms with van der Waals surface area (Å²) in [6.07, 6.45) is 2.82. The van der Waals surface area contributed by atoms with Crippen LogP contribution in [0.1, 0.15) is 5.82 Å². The Labute approximate surface area is 130 Å². The molecule has 122 valence electrons. The fourth-order valence-electron chi connectivity index (χ4n) is 2.48. The number of nitrogens with one attached hydrogen (secondary N) is 1. The quantitative estimate of drug-likeness (QED) is 0.783. The molecule has 1 amide bonds. The maximum Gasteiger partial charge on any atom is 0.225 e. The number of carbonyl (C=O) groups is 1. The second kappa shape index (κ2) is 6.57. The maximum atomic E-state index is 12.0. The molecule has 1 saturated heterocycles. The number of rotatable bonds is 3. The molecule has 9 heteroatoms. The van der Waals surface area contributed by atoms with Crippen LogP contribution < -0.4 is 10.2 Å². The van der Waals surface area contributed by atoms with Gasteiger partial charge in [0.25, 0.3) is 0 Å². The zero-order chi connectivity index (χ0) is 16.3. The van der Waals surface area contributed by atoms with Crippen LogP contribution in [0.15, 0.2) is 12.3 Å². The van der Waals surface area contributed by atoms with Crippen molar-refractivity contribution in [3.63, 3.8) is 0 Å². The number of hydrogen-bond donors (Lipinski definition) is 1. The van der Waals surface area contributed by atoms with E-state index in [4.69, 9.17) is 0 Å². The predicted molar refractivity (Wildman–Crippen MR) is 83.0 cm³/mol. The molecule has 1 aromatic rings. The predicted octanol–water partition coefficient (Wildman–Crippen LogP) is -0.771. The van der Waals surface area contributed by atoms with E-state index in [0.29, 0.717) is 31.3 Å². The third-order valence-corrected chi connectivity index (χ3v) is 4.93. The standard InChI is InChI=1S/C13H21N5O3S/c1-10-15-5-4-12(16-10)17-6-7-18(22(3,20)21)9-11(8-17)13(19)14-2/h4-5,11H,6-9H2,1-3H3,(H,14,19). The van der Waals surface area contributed by atoms with E-state index in [9.17, 15) is 13.2 Å². The van der Waals surface area contributed by atoms with Crippen LogP contribution in [0.25, 0.3) is 0 Å². The first-order valence-electron chi connectivity index (χ1n) is 7.02. The molecular formula is C13H21N5O3S. The van der Waals surface area contributed by atoms with Crippen LogP contribution in [0, 0.1) is 12.8 Å². The molecule has 2 rings (SSSR count). The van der Waals surface area contributed by atoms with Gasteiger partial charge in [0.05, 0.1) is 12.2 Å². The number of aromatic nitrogens is 2. The molecule has 22 heavy (non-hydrogen) atoms. The van der Waals surface area contributed by atoms with Crippen LogP contribution in [0.4, 0.5) is 5.82 Å². The lowest BCUT2D eigenvalue weighted by molar-refractivity contribution is -0.124. The van der Waals surface area contributed by atoms with E-state index in [1.54, 1.807) is 26.2 Å². The number of amides is 1. The van der Waals surface area contributed by atoms with Crippen molar-refractivity contribution in [1.29, 1.82) is 0 Å². The van der Waals surface area contributed by atoms with Gasteiger partial charge in [0, 0.05) is 39.4 Å². The van der Waals surface area contributed by atoms with Gasteiger partial charge in [-0.05, 0) is 13.0 Å². The summed E-state index contributed by atoms with van der Waals surface area (Å²) >= 11 is 0. The molecule has 0 aromatic carbocycles. The van der Waals surface area contributed by atoms with Gasteiger partial charge >= 0.3 is 0 Å². The summed E-state index contributed by atoms with van der Waals surface area (Å²) < 4.78 is 25.0. The van der Waals surface area contributed by atoms with Crippen LogP contribution in [-0.4, -0.2) is 68.1 Å². The fourth-order valence-corrected chi connectivity index (χ4v) is 3.35. The Bertz CT molecular complexity index is 649. The average Bonchev–Trinajstić information content (AvgIpc) is 2.69. The highest BCUT2D eigenvalue weighted by Gasteiger charge is 2.31. The minimum Gasteiger partial charge on any atom is -0.359 e.